The minimum atomic E-state index is -0.952. The van der Waals surface area contributed by atoms with E-state index in [0.717, 1.165) is 11.1 Å². The predicted octanol–water partition coefficient (Wildman–Crippen LogP) is 3.91. The van der Waals surface area contributed by atoms with Crippen LogP contribution in [-0.4, -0.2) is 24.6 Å². The van der Waals surface area contributed by atoms with Crippen molar-refractivity contribution in [3.05, 3.63) is 58.6 Å². The number of benzene rings is 2. The van der Waals surface area contributed by atoms with Gasteiger partial charge in [-0.3, -0.25) is 4.79 Å². The van der Waals surface area contributed by atoms with Gasteiger partial charge in [0.15, 0.2) is 12.7 Å². The molecule has 0 fully saturated rings. The molecule has 1 amide bonds. The van der Waals surface area contributed by atoms with Crippen molar-refractivity contribution in [3.63, 3.8) is 0 Å². The normalized spacial score (nSPS) is 11.5. The van der Waals surface area contributed by atoms with Gasteiger partial charge in [0.25, 0.3) is 5.91 Å². The van der Waals surface area contributed by atoms with Crippen molar-refractivity contribution in [1.29, 1.82) is 0 Å². The molecule has 2 rings (SSSR count). The number of rotatable bonds is 6. The van der Waals surface area contributed by atoms with Crippen LogP contribution in [-0.2, 0) is 14.3 Å². The number of nitrogens with one attached hydrogen (secondary N) is 1. The molecular weight excluding hydrogens is 342 g/mol. The molecule has 0 saturated heterocycles. The number of ether oxygens (including phenoxy) is 2. The van der Waals surface area contributed by atoms with Crippen LogP contribution in [0.1, 0.15) is 18.1 Å². The maximum atomic E-state index is 12.2. The lowest BCUT2D eigenvalue weighted by atomic mass is 10.2. The van der Waals surface area contributed by atoms with Crippen LogP contribution in [0.3, 0.4) is 0 Å². The van der Waals surface area contributed by atoms with Crippen molar-refractivity contribution in [2.75, 3.05) is 11.9 Å². The van der Waals surface area contributed by atoms with Gasteiger partial charge in [-0.05, 0) is 50.1 Å². The fourth-order valence-electron chi connectivity index (χ4n) is 2.10. The van der Waals surface area contributed by atoms with Crippen LogP contribution in [0.2, 0.25) is 5.02 Å². The molecule has 0 radical (unpaired) electrons. The number of hydrogen-bond acceptors (Lipinski definition) is 4. The van der Waals surface area contributed by atoms with Gasteiger partial charge >= 0.3 is 5.97 Å². The molecular formula is C19H20ClNO4. The predicted molar refractivity (Wildman–Crippen MR) is 97.0 cm³/mol. The highest BCUT2D eigenvalue weighted by Crippen LogP contribution is 2.20. The van der Waals surface area contributed by atoms with E-state index in [1.54, 1.807) is 24.3 Å². The Labute approximate surface area is 151 Å². The summed E-state index contributed by atoms with van der Waals surface area (Å²) in [5.41, 5.74) is 2.35. The number of amides is 1. The third kappa shape index (κ3) is 5.50. The summed E-state index contributed by atoms with van der Waals surface area (Å²) in [5.74, 6) is -0.450. The lowest BCUT2D eigenvalue weighted by Gasteiger charge is -2.15. The van der Waals surface area contributed by atoms with Gasteiger partial charge in [-0.1, -0.05) is 35.9 Å². The van der Waals surface area contributed by atoms with Gasteiger partial charge in [-0.15, -0.1) is 0 Å². The topological polar surface area (TPSA) is 64.6 Å². The highest BCUT2D eigenvalue weighted by atomic mass is 35.5. The molecule has 0 bridgehead atoms. The van der Waals surface area contributed by atoms with E-state index in [1.807, 2.05) is 32.0 Å². The molecule has 2 aromatic carbocycles. The number of aryl methyl sites for hydroxylation is 2. The molecule has 0 aliphatic carbocycles. The molecule has 0 spiro atoms. The molecule has 0 aliphatic rings. The molecule has 0 heterocycles. The van der Waals surface area contributed by atoms with Gasteiger partial charge in [-0.25, -0.2) is 4.79 Å². The van der Waals surface area contributed by atoms with E-state index in [2.05, 4.69) is 5.32 Å². The van der Waals surface area contributed by atoms with Crippen molar-refractivity contribution in [3.8, 4) is 5.75 Å². The number of halogens is 1. The van der Waals surface area contributed by atoms with Gasteiger partial charge in [0.05, 0.1) is 0 Å². The molecule has 2 aromatic rings. The number of anilines is 1. The maximum Gasteiger partial charge on any atom is 0.344 e. The van der Waals surface area contributed by atoms with Crippen LogP contribution in [0.4, 0.5) is 5.69 Å². The van der Waals surface area contributed by atoms with E-state index in [1.165, 1.54) is 6.92 Å². The summed E-state index contributed by atoms with van der Waals surface area (Å²) < 4.78 is 10.5. The smallest absolute Gasteiger partial charge is 0.344 e. The van der Waals surface area contributed by atoms with Crippen molar-refractivity contribution in [2.24, 2.45) is 0 Å². The average molecular weight is 362 g/mol. The van der Waals surface area contributed by atoms with Gasteiger partial charge in [-0.2, -0.15) is 0 Å². The summed E-state index contributed by atoms with van der Waals surface area (Å²) in [6, 6.07) is 12.5. The second-order valence-electron chi connectivity index (χ2n) is 5.63. The molecule has 0 saturated carbocycles. The van der Waals surface area contributed by atoms with E-state index in [4.69, 9.17) is 21.1 Å². The Balaban J connectivity index is 1.87. The van der Waals surface area contributed by atoms with E-state index in [9.17, 15) is 9.59 Å². The third-order valence-electron chi connectivity index (χ3n) is 3.57. The van der Waals surface area contributed by atoms with Crippen LogP contribution in [0, 0.1) is 13.8 Å². The van der Waals surface area contributed by atoms with Gasteiger partial charge < -0.3 is 14.8 Å². The van der Waals surface area contributed by atoms with Crippen LogP contribution in [0.15, 0.2) is 42.5 Å². The molecule has 1 unspecified atom stereocenters. The van der Waals surface area contributed by atoms with E-state index < -0.39 is 18.0 Å². The van der Waals surface area contributed by atoms with Crippen molar-refractivity contribution < 1.29 is 19.1 Å². The first-order valence-electron chi connectivity index (χ1n) is 7.81. The van der Waals surface area contributed by atoms with Gasteiger partial charge in [0.2, 0.25) is 0 Å². The summed E-state index contributed by atoms with van der Waals surface area (Å²) in [4.78, 5) is 24.0. The Morgan fingerprint density at radius 3 is 2.56 bits per heavy atom. The quantitative estimate of drug-likeness (QED) is 0.792. The SMILES string of the molecule is Cc1ccc(Cl)cc1NC(=O)C(C)OC(=O)COc1ccccc1C. The highest BCUT2D eigenvalue weighted by Gasteiger charge is 2.19. The van der Waals surface area contributed by atoms with Gasteiger partial charge in [0.1, 0.15) is 5.75 Å². The molecule has 5 nitrogen and oxygen atoms in total. The zero-order chi connectivity index (χ0) is 18.4. The number of carbonyl (C=O) groups excluding carboxylic acids is 2. The van der Waals surface area contributed by atoms with E-state index >= 15 is 0 Å². The molecule has 1 atom stereocenters. The summed E-state index contributed by atoms with van der Waals surface area (Å²) >= 11 is 5.92. The summed E-state index contributed by atoms with van der Waals surface area (Å²) in [7, 11) is 0. The second-order valence-corrected chi connectivity index (χ2v) is 6.07. The van der Waals surface area contributed by atoms with Crippen molar-refractivity contribution >= 4 is 29.2 Å². The number of esters is 1. The molecule has 132 valence electrons. The average Bonchev–Trinajstić information content (AvgIpc) is 2.57. The summed E-state index contributed by atoms with van der Waals surface area (Å²) in [5, 5.41) is 3.21. The molecule has 25 heavy (non-hydrogen) atoms. The van der Waals surface area contributed by atoms with Crippen LogP contribution < -0.4 is 10.1 Å². The lowest BCUT2D eigenvalue weighted by Crippen LogP contribution is -2.31. The second kappa shape index (κ2) is 8.53. The maximum absolute atomic E-state index is 12.2. The summed E-state index contributed by atoms with van der Waals surface area (Å²) in [6.45, 7) is 4.96. The van der Waals surface area contributed by atoms with Crippen LogP contribution in [0.25, 0.3) is 0 Å². The minimum Gasteiger partial charge on any atom is -0.482 e. The standard InChI is InChI=1S/C19H20ClNO4/c1-12-8-9-15(20)10-16(12)21-19(23)14(3)25-18(22)11-24-17-7-5-4-6-13(17)2/h4-10,14H,11H2,1-3H3,(H,21,23). The minimum absolute atomic E-state index is 0.265. The Morgan fingerprint density at radius 2 is 1.84 bits per heavy atom. The number of carbonyl (C=O) groups is 2. The fraction of sp³-hybridized carbons (Fsp3) is 0.263. The van der Waals surface area contributed by atoms with Gasteiger partial charge in [0, 0.05) is 10.7 Å². The Morgan fingerprint density at radius 1 is 1.12 bits per heavy atom. The largest absolute Gasteiger partial charge is 0.482 e. The first-order chi connectivity index (χ1) is 11.9. The molecule has 6 heteroatoms. The number of hydrogen-bond donors (Lipinski definition) is 1. The molecule has 0 aromatic heterocycles. The third-order valence-corrected chi connectivity index (χ3v) is 3.81. The lowest BCUT2D eigenvalue weighted by molar-refractivity contribution is -0.155. The molecule has 1 N–H and O–H groups in total. The fourth-order valence-corrected chi connectivity index (χ4v) is 2.28. The Hall–Kier alpha value is -2.53. The zero-order valence-corrected chi connectivity index (χ0v) is 15.1. The monoisotopic (exact) mass is 361 g/mol. The van der Waals surface area contributed by atoms with E-state index in [-0.39, 0.29) is 6.61 Å². The molecule has 0 aliphatic heterocycles. The first kappa shape index (κ1) is 18.8. The first-order valence-corrected chi connectivity index (χ1v) is 8.19. The summed E-state index contributed by atoms with van der Waals surface area (Å²) in [6.07, 6.45) is -0.952. The zero-order valence-electron chi connectivity index (χ0n) is 14.3. The van der Waals surface area contributed by atoms with Crippen LogP contribution in [0.5, 0.6) is 5.75 Å². The van der Waals surface area contributed by atoms with Crippen molar-refractivity contribution in [2.45, 2.75) is 26.9 Å². The van der Waals surface area contributed by atoms with Crippen molar-refractivity contribution in [1.82, 2.24) is 0 Å². The highest BCUT2D eigenvalue weighted by molar-refractivity contribution is 6.31. The Bertz CT molecular complexity index is 776. The number of para-hydroxylation sites is 1. The Kier molecular flexibility index (Phi) is 6.42. The van der Waals surface area contributed by atoms with E-state index in [0.29, 0.717) is 16.5 Å². The van der Waals surface area contributed by atoms with Crippen LogP contribution >= 0.6 is 11.6 Å².